The number of anilines is 1. The topological polar surface area (TPSA) is 181 Å². The highest BCUT2D eigenvalue weighted by Crippen LogP contribution is 2.46. The van der Waals surface area contributed by atoms with Crippen molar-refractivity contribution < 1.29 is 19.4 Å². The molecular weight excluding hydrogens is 610 g/mol. The summed E-state index contributed by atoms with van der Waals surface area (Å²) in [7, 11) is 3.91. The number of nitrogens with zero attached hydrogens (tertiary/aromatic N) is 8. The summed E-state index contributed by atoms with van der Waals surface area (Å²) >= 11 is 0. The van der Waals surface area contributed by atoms with Crippen LogP contribution < -0.4 is 15.0 Å². The molecule has 2 N–H and O–H groups in total. The van der Waals surface area contributed by atoms with Crippen molar-refractivity contribution in [3.05, 3.63) is 140 Å². The van der Waals surface area contributed by atoms with Gasteiger partial charge in [-0.05, 0) is 58.6 Å². The summed E-state index contributed by atoms with van der Waals surface area (Å²) in [5, 5.41) is 19.9. The first-order valence-corrected chi connectivity index (χ1v) is 15.3. The predicted molar refractivity (Wildman–Crippen MR) is 184 cm³/mol. The zero-order valence-corrected chi connectivity index (χ0v) is 26.6. The molecule has 0 fully saturated rings. The van der Waals surface area contributed by atoms with Crippen molar-refractivity contribution in [2.45, 2.75) is 31.0 Å². The van der Waals surface area contributed by atoms with Crippen molar-refractivity contribution in [1.29, 1.82) is 0 Å². The van der Waals surface area contributed by atoms with Crippen LogP contribution in [0.5, 0.6) is 5.75 Å². The van der Waals surface area contributed by atoms with Crippen molar-refractivity contribution in [2.24, 2.45) is 15.2 Å². The number of aliphatic hydroxyl groups excluding tert-OH is 1. The lowest BCUT2D eigenvalue weighted by Gasteiger charge is -2.32. The summed E-state index contributed by atoms with van der Waals surface area (Å²) in [5.41, 5.74) is 21.2. The lowest BCUT2D eigenvalue weighted by atomic mass is 9.81. The minimum atomic E-state index is -1.63. The van der Waals surface area contributed by atoms with E-state index in [0.717, 1.165) is 11.3 Å². The Hall–Kier alpha value is -6.00. The van der Waals surface area contributed by atoms with E-state index in [1.807, 2.05) is 43.3 Å². The van der Waals surface area contributed by atoms with Gasteiger partial charge in [-0.2, -0.15) is 0 Å². The first-order chi connectivity index (χ1) is 23.4. The van der Waals surface area contributed by atoms with Gasteiger partial charge in [0.15, 0.2) is 11.6 Å². The van der Waals surface area contributed by atoms with E-state index in [0.29, 0.717) is 41.2 Å². The van der Waals surface area contributed by atoms with Crippen LogP contribution in [0.1, 0.15) is 34.8 Å². The zero-order valence-electron chi connectivity index (χ0n) is 26.6. The first kappa shape index (κ1) is 33.4. The Labute approximate surface area is 277 Å². The molecule has 0 saturated carbocycles. The van der Waals surface area contributed by atoms with Crippen molar-refractivity contribution in [2.75, 3.05) is 32.2 Å². The number of aliphatic imine (C=N–C) groups is 1. The number of nitrogens with one attached hydrogen (secondary N) is 1. The first-order valence-electron chi connectivity index (χ1n) is 15.3. The number of rotatable bonds is 14. The van der Waals surface area contributed by atoms with E-state index < -0.39 is 17.6 Å². The molecule has 13 heteroatoms. The number of ether oxygens (including phenoxy) is 2. The number of amides is 1. The molecule has 0 spiro atoms. The van der Waals surface area contributed by atoms with E-state index in [1.165, 1.54) is 0 Å². The fraction of sp³-hybridized carbons (Fsp3) is 0.257. The predicted octanol–water partition coefficient (Wildman–Crippen LogP) is 7.21. The fourth-order valence-electron chi connectivity index (χ4n) is 5.45. The molecule has 1 aliphatic rings. The SMILES string of the molecule is CN(C)c1ccc(CNC(=O)[C@]2(Cc3ccccc3N=[N+]=[N-])N=C(c3ccc(OCCCO)cc3)O[C@@H]2c2ccccc2N=[N+]=[N-])cc1. The minimum Gasteiger partial charge on any atom is -0.494 e. The Morgan fingerprint density at radius 2 is 1.62 bits per heavy atom. The molecular formula is C35H35N9O4. The standard InChI is InChI=1S/C35H35N9O4/c1-44(2)27-16-12-24(13-17-27)23-38-34(46)35(22-26-8-3-5-10-30(26)40-42-36)32(29-9-4-6-11-31(29)41-43-37)48-33(39-35)25-14-18-28(19-15-25)47-21-7-20-45/h3-6,8-19,32,45H,7,20-23H2,1-2H3,(H,38,46)/t32-,35-/m1/s1. The van der Waals surface area contributed by atoms with E-state index in [2.05, 4.69) is 25.4 Å². The number of azide groups is 2. The van der Waals surface area contributed by atoms with Gasteiger partial charge in [0.2, 0.25) is 5.90 Å². The average Bonchev–Trinajstić information content (AvgIpc) is 3.49. The minimum absolute atomic E-state index is 0.00524. The number of aliphatic hydroxyl groups is 1. The molecule has 2 atom stereocenters. The van der Waals surface area contributed by atoms with Gasteiger partial charge in [0.05, 0.1) is 6.61 Å². The van der Waals surface area contributed by atoms with Crippen LogP contribution in [-0.4, -0.2) is 49.8 Å². The summed E-state index contributed by atoms with van der Waals surface area (Å²) in [6.07, 6.45) is -0.544. The summed E-state index contributed by atoms with van der Waals surface area (Å²) in [5.74, 6) is 0.364. The van der Waals surface area contributed by atoms with Gasteiger partial charge in [-0.1, -0.05) is 70.9 Å². The molecule has 0 bridgehead atoms. The van der Waals surface area contributed by atoms with Crippen LogP contribution in [0.25, 0.3) is 20.9 Å². The molecule has 13 nitrogen and oxygen atoms in total. The highest BCUT2D eigenvalue weighted by Gasteiger charge is 2.54. The van der Waals surface area contributed by atoms with Crippen LogP contribution in [0.4, 0.5) is 17.1 Å². The number of carbonyl (C=O) groups excluding carboxylic acids is 1. The van der Waals surface area contributed by atoms with Crippen LogP contribution >= 0.6 is 0 Å². The second kappa shape index (κ2) is 15.5. The molecule has 5 rings (SSSR count). The summed E-state index contributed by atoms with van der Waals surface area (Å²) in [6, 6.07) is 28.8. The monoisotopic (exact) mass is 645 g/mol. The van der Waals surface area contributed by atoms with Gasteiger partial charge in [-0.25, -0.2) is 4.99 Å². The molecule has 48 heavy (non-hydrogen) atoms. The fourth-order valence-corrected chi connectivity index (χ4v) is 5.45. The number of carbonyl (C=O) groups is 1. The largest absolute Gasteiger partial charge is 0.494 e. The van der Waals surface area contributed by atoms with Gasteiger partial charge >= 0.3 is 0 Å². The Kier molecular flexibility index (Phi) is 10.8. The Morgan fingerprint density at radius 3 is 2.31 bits per heavy atom. The summed E-state index contributed by atoms with van der Waals surface area (Å²) < 4.78 is 12.3. The summed E-state index contributed by atoms with van der Waals surface area (Å²) in [6.45, 7) is 0.592. The number of hydrogen-bond acceptors (Lipinski definition) is 8. The second-order valence-corrected chi connectivity index (χ2v) is 11.3. The highest BCUT2D eigenvalue weighted by atomic mass is 16.5. The summed E-state index contributed by atoms with van der Waals surface area (Å²) in [4.78, 5) is 27.7. The Balaban J connectivity index is 1.62. The number of benzene rings is 4. The smallest absolute Gasteiger partial charge is 0.252 e. The van der Waals surface area contributed by atoms with Crippen molar-refractivity contribution in [1.82, 2.24) is 5.32 Å². The molecule has 1 aliphatic heterocycles. The third kappa shape index (κ3) is 7.51. The quantitative estimate of drug-likeness (QED) is 0.0635. The molecule has 244 valence electrons. The lowest BCUT2D eigenvalue weighted by molar-refractivity contribution is -0.129. The van der Waals surface area contributed by atoms with Crippen LogP contribution in [0, 0.1) is 0 Å². The van der Waals surface area contributed by atoms with Gasteiger partial charge in [0.25, 0.3) is 5.91 Å². The van der Waals surface area contributed by atoms with Crippen molar-refractivity contribution in [3.8, 4) is 5.75 Å². The van der Waals surface area contributed by atoms with Gasteiger partial charge < -0.3 is 24.8 Å². The van der Waals surface area contributed by atoms with E-state index in [1.54, 1.807) is 72.8 Å². The number of hydrogen-bond donors (Lipinski definition) is 2. The molecule has 0 aromatic heterocycles. The molecule has 0 unspecified atom stereocenters. The molecule has 1 heterocycles. The normalized spacial score (nSPS) is 16.5. The van der Waals surface area contributed by atoms with Gasteiger partial charge in [0.1, 0.15) is 5.75 Å². The van der Waals surface area contributed by atoms with Crippen LogP contribution in [0.2, 0.25) is 0 Å². The zero-order chi connectivity index (χ0) is 33.9. The Morgan fingerprint density at radius 1 is 0.958 bits per heavy atom. The molecule has 1 amide bonds. The maximum Gasteiger partial charge on any atom is 0.252 e. The molecule has 0 saturated heterocycles. The third-order valence-electron chi connectivity index (χ3n) is 7.91. The van der Waals surface area contributed by atoms with Gasteiger partial charge in [0, 0.05) is 78.1 Å². The molecule has 4 aromatic rings. The van der Waals surface area contributed by atoms with Crippen LogP contribution in [0.15, 0.2) is 112 Å². The highest BCUT2D eigenvalue weighted by molar-refractivity contribution is 6.01. The van der Waals surface area contributed by atoms with E-state index in [9.17, 15) is 15.9 Å². The average molecular weight is 646 g/mol. The van der Waals surface area contributed by atoms with Crippen LogP contribution in [0.3, 0.4) is 0 Å². The van der Waals surface area contributed by atoms with E-state index in [-0.39, 0.29) is 31.2 Å². The van der Waals surface area contributed by atoms with E-state index >= 15 is 0 Å². The van der Waals surface area contributed by atoms with Gasteiger partial charge in [-0.3, -0.25) is 4.79 Å². The second-order valence-electron chi connectivity index (χ2n) is 11.3. The van der Waals surface area contributed by atoms with Crippen LogP contribution in [-0.2, 0) is 22.5 Å². The molecule has 0 aliphatic carbocycles. The Bertz CT molecular complexity index is 1870. The maximum absolute atomic E-state index is 14.7. The van der Waals surface area contributed by atoms with Crippen molar-refractivity contribution >= 4 is 28.9 Å². The lowest BCUT2D eigenvalue weighted by Crippen LogP contribution is -2.49. The van der Waals surface area contributed by atoms with Crippen molar-refractivity contribution in [3.63, 3.8) is 0 Å². The molecule has 4 aromatic carbocycles. The maximum atomic E-state index is 14.7. The third-order valence-corrected chi connectivity index (χ3v) is 7.91. The van der Waals surface area contributed by atoms with Gasteiger partial charge in [-0.15, -0.1) is 0 Å². The van der Waals surface area contributed by atoms with E-state index in [4.69, 9.17) is 19.6 Å². The molecule has 0 radical (unpaired) electrons.